The van der Waals surface area contributed by atoms with E-state index in [0.29, 0.717) is 11.1 Å². The van der Waals surface area contributed by atoms with E-state index < -0.39 is 0 Å². The Labute approximate surface area is 116 Å². The molecule has 0 spiro atoms. The fourth-order valence-electron chi connectivity index (χ4n) is 1.92. The van der Waals surface area contributed by atoms with Gasteiger partial charge in [-0.05, 0) is 36.4 Å². The Balaban J connectivity index is 2.07. The van der Waals surface area contributed by atoms with Crippen LogP contribution in [0.1, 0.15) is 15.9 Å². The maximum atomic E-state index is 12.3. The van der Waals surface area contributed by atoms with Crippen LogP contribution in [0, 0.1) is 0 Å². The summed E-state index contributed by atoms with van der Waals surface area (Å²) in [5.41, 5.74) is 1.27. The van der Waals surface area contributed by atoms with Crippen LogP contribution in [-0.2, 0) is 0 Å². The zero-order valence-corrected chi connectivity index (χ0v) is 10.9. The van der Waals surface area contributed by atoms with E-state index in [1.165, 1.54) is 18.2 Å². The Morgan fingerprint density at radius 3 is 2.45 bits per heavy atom. The quantitative estimate of drug-likeness (QED) is 0.498. The monoisotopic (exact) mass is 287 g/mol. The molecule has 0 bridgehead atoms. The Bertz CT molecular complexity index is 878. The van der Waals surface area contributed by atoms with Crippen molar-refractivity contribution in [3.63, 3.8) is 0 Å². The first-order valence-corrected chi connectivity index (χ1v) is 6.56. The van der Waals surface area contributed by atoms with Crippen molar-refractivity contribution in [3.8, 4) is 11.5 Å². The van der Waals surface area contributed by atoms with Crippen LogP contribution in [0.5, 0.6) is 11.5 Å². The molecule has 0 radical (unpaired) electrons. The number of hydrogen-bond acceptors (Lipinski definition) is 5. The van der Waals surface area contributed by atoms with Crippen LogP contribution in [-0.4, -0.2) is 21.0 Å². The van der Waals surface area contributed by atoms with Gasteiger partial charge in [0.1, 0.15) is 0 Å². The summed E-state index contributed by atoms with van der Waals surface area (Å²) < 4.78 is 0.778. The molecular weight excluding hydrogens is 278 g/mol. The molecule has 0 unspecified atom stereocenters. The number of carbonyl (C=O) groups excluding carboxylic acids is 1. The van der Waals surface area contributed by atoms with Gasteiger partial charge in [0.25, 0.3) is 0 Å². The van der Waals surface area contributed by atoms with Gasteiger partial charge in [-0.25, -0.2) is 0 Å². The van der Waals surface area contributed by atoms with Crippen LogP contribution in [0.15, 0.2) is 41.2 Å². The van der Waals surface area contributed by atoms with Crippen LogP contribution >= 0.6 is 11.3 Å². The van der Waals surface area contributed by atoms with Crippen molar-refractivity contribution >= 4 is 27.3 Å². The summed E-state index contributed by atoms with van der Waals surface area (Å²) in [5.74, 6) is -0.922. The third kappa shape index (κ3) is 2.06. The highest BCUT2D eigenvalue weighted by Crippen LogP contribution is 2.26. The zero-order chi connectivity index (χ0) is 14.3. The molecule has 6 heteroatoms. The van der Waals surface area contributed by atoms with Crippen LogP contribution in [0.2, 0.25) is 0 Å². The van der Waals surface area contributed by atoms with Gasteiger partial charge in [0, 0.05) is 11.1 Å². The van der Waals surface area contributed by atoms with E-state index in [1.807, 2.05) is 0 Å². The third-order valence-electron chi connectivity index (χ3n) is 2.92. The van der Waals surface area contributed by atoms with Gasteiger partial charge in [0.15, 0.2) is 17.3 Å². The highest BCUT2D eigenvalue weighted by atomic mass is 32.1. The minimum absolute atomic E-state index is 0.174. The molecule has 3 rings (SSSR count). The molecule has 0 atom stereocenters. The number of H-pyrrole nitrogens is 1. The number of nitrogens with one attached hydrogen (secondary N) is 1. The molecule has 0 aliphatic heterocycles. The highest BCUT2D eigenvalue weighted by Gasteiger charge is 2.12. The van der Waals surface area contributed by atoms with E-state index in [1.54, 1.807) is 18.2 Å². The summed E-state index contributed by atoms with van der Waals surface area (Å²) in [7, 11) is 0. The first-order chi connectivity index (χ1) is 9.54. The number of phenolic OH excluding ortho intramolecular Hbond substituents is 2. The van der Waals surface area contributed by atoms with E-state index in [9.17, 15) is 19.8 Å². The number of aromatic amines is 1. The average molecular weight is 287 g/mol. The first kappa shape index (κ1) is 12.4. The van der Waals surface area contributed by atoms with E-state index >= 15 is 0 Å². The summed E-state index contributed by atoms with van der Waals surface area (Å²) in [6.45, 7) is 0. The number of aromatic nitrogens is 1. The molecule has 0 fully saturated rings. The number of aromatic hydroxyl groups is 2. The van der Waals surface area contributed by atoms with Gasteiger partial charge >= 0.3 is 4.87 Å². The number of thiazole rings is 1. The minimum Gasteiger partial charge on any atom is -0.504 e. The predicted octanol–water partition coefficient (Wildman–Crippen LogP) is 2.23. The number of carbonyl (C=O) groups is 1. The first-order valence-electron chi connectivity index (χ1n) is 5.74. The summed E-state index contributed by atoms with van der Waals surface area (Å²) >= 11 is 1.08. The number of phenols is 2. The number of ketones is 1. The second kappa shape index (κ2) is 4.50. The maximum Gasteiger partial charge on any atom is 0.305 e. The Morgan fingerprint density at radius 2 is 1.70 bits per heavy atom. The molecule has 2 aromatic carbocycles. The predicted molar refractivity (Wildman–Crippen MR) is 75.6 cm³/mol. The van der Waals surface area contributed by atoms with Crippen LogP contribution in [0.25, 0.3) is 10.2 Å². The Kier molecular flexibility index (Phi) is 2.80. The van der Waals surface area contributed by atoms with Gasteiger partial charge in [-0.15, -0.1) is 0 Å². The highest BCUT2D eigenvalue weighted by molar-refractivity contribution is 7.16. The topological polar surface area (TPSA) is 90.4 Å². The van der Waals surface area contributed by atoms with E-state index in [4.69, 9.17) is 0 Å². The second-order valence-electron chi connectivity index (χ2n) is 4.26. The van der Waals surface area contributed by atoms with Gasteiger partial charge in [-0.1, -0.05) is 11.3 Å². The molecule has 0 saturated heterocycles. The standard InChI is InChI=1S/C14H9NO4S/c16-10-3-1-8(6-11(10)17)13(18)7-2-4-12-9(5-7)15-14(19)20-12/h1-6,16-17H,(H,15,19). The Morgan fingerprint density at radius 1 is 1.00 bits per heavy atom. The van der Waals surface area contributed by atoms with Gasteiger partial charge < -0.3 is 15.2 Å². The van der Waals surface area contributed by atoms with E-state index in [-0.39, 0.29) is 27.7 Å². The van der Waals surface area contributed by atoms with Crippen LogP contribution in [0.3, 0.4) is 0 Å². The minimum atomic E-state index is -0.346. The SMILES string of the molecule is O=C(c1ccc(O)c(O)c1)c1ccc2sc(=O)[nH]c2c1. The lowest BCUT2D eigenvalue weighted by Crippen LogP contribution is -2.01. The number of benzene rings is 2. The third-order valence-corrected chi connectivity index (χ3v) is 3.78. The van der Waals surface area contributed by atoms with Crippen LogP contribution in [0.4, 0.5) is 0 Å². The normalized spacial score (nSPS) is 10.8. The molecule has 100 valence electrons. The van der Waals surface area contributed by atoms with Crippen molar-refractivity contribution < 1.29 is 15.0 Å². The van der Waals surface area contributed by atoms with Crippen molar-refractivity contribution in [2.75, 3.05) is 0 Å². The Hall–Kier alpha value is -2.60. The van der Waals surface area contributed by atoms with Gasteiger partial charge in [-0.3, -0.25) is 9.59 Å². The average Bonchev–Trinajstić information content (AvgIpc) is 2.80. The van der Waals surface area contributed by atoms with E-state index in [2.05, 4.69) is 4.98 Å². The lowest BCUT2D eigenvalue weighted by molar-refractivity contribution is 0.103. The maximum absolute atomic E-state index is 12.3. The molecular formula is C14H9NO4S. The molecule has 3 aromatic rings. The number of hydrogen-bond donors (Lipinski definition) is 3. The number of rotatable bonds is 2. The largest absolute Gasteiger partial charge is 0.504 e. The van der Waals surface area contributed by atoms with Crippen molar-refractivity contribution in [1.29, 1.82) is 0 Å². The molecule has 1 aromatic heterocycles. The summed E-state index contributed by atoms with van der Waals surface area (Å²) in [4.78, 5) is 26.0. The van der Waals surface area contributed by atoms with Crippen molar-refractivity contribution in [2.24, 2.45) is 0 Å². The smallest absolute Gasteiger partial charge is 0.305 e. The fraction of sp³-hybridized carbons (Fsp3) is 0. The van der Waals surface area contributed by atoms with Crippen molar-refractivity contribution in [3.05, 3.63) is 57.2 Å². The van der Waals surface area contributed by atoms with Gasteiger partial charge in [0.2, 0.25) is 0 Å². The zero-order valence-electron chi connectivity index (χ0n) is 10.1. The molecule has 20 heavy (non-hydrogen) atoms. The number of fused-ring (bicyclic) bond motifs is 1. The van der Waals surface area contributed by atoms with Crippen LogP contribution < -0.4 is 4.87 Å². The van der Waals surface area contributed by atoms with Gasteiger partial charge in [-0.2, -0.15) is 0 Å². The lowest BCUT2D eigenvalue weighted by atomic mass is 10.0. The molecule has 5 nitrogen and oxygen atoms in total. The van der Waals surface area contributed by atoms with E-state index in [0.717, 1.165) is 16.0 Å². The molecule has 0 aliphatic rings. The molecule has 0 aliphatic carbocycles. The molecule has 0 saturated carbocycles. The lowest BCUT2D eigenvalue weighted by Gasteiger charge is -2.03. The molecule has 1 heterocycles. The van der Waals surface area contributed by atoms with Gasteiger partial charge in [0.05, 0.1) is 10.2 Å². The second-order valence-corrected chi connectivity index (χ2v) is 5.27. The fourth-order valence-corrected chi connectivity index (χ4v) is 2.64. The summed E-state index contributed by atoms with van der Waals surface area (Å²) in [6.07, 6.45) is 0. The molecule has 3 N–H and O–H groups in total. The van der Waals surface area contributed by atoms with Crippen molar-refractivity contribution in [1.82, 2.24) is 4.98 Å². The summed E-state index contributed by atoms with van der Waals surface area (Å²) in [6, 6.07) is 8.81. The summed E-state index contributed by atoms with van der Waals surface area (Å²) in [5, 5.41) is 18.7. The van der Waals surface area contributed by atoms with Crippen molar-refractivity contribution in [2.45, 2.75) is 0 Å². The molecule has 0 amide bonds.